The fraction of sp³-hybridized carbons (Fsp3) is 0.586. The van der Waals surface area contributed by atoms with Crippen molar-refractivity contribution in [2.24, 2.45) is 5.41 Å². The zero-order chi connectivity index (χ0) is 27.9. The molecule has 2 aliphatic rings. The molecule has 1 fully saturated rings. The van der Waals surface area contributed by atoms with E-state index >= 15 is 0 Å². The van der Waals surface area contributed by atoms with Crippen LogP contribution in [0.1, 0.15) is 56.0 Å². The van der Waals surface area contributed by atoms with Gasteiger partial charge >= 0.3 is 0 Å². The minimum atomic E-state index is -1.47. The van der Waals surface area contributed by atoms with Crippen LogP contribution in [0.25, 0.3) is 6.08 Å². The van der Waals surface area contributed by atoms with Gasteiger partial charge in [0.05, 0.1) is 19.8 Å². The van der Waals surface area contributed by atoms with Gasteiger partial charge in [-0.15, -0.1) is 6.42 Å². The predicted octanol–water partition coefficient (Wildman–Crippen LogP) is 1.21. The van der Waals surface area contributed by atoms with Crippen LogP contribution in [0.3, 0.4) is 0 Å². The number of aliphatic hydroxyl groups is 6. The minimum Gasteiger partial charge on any atom is -0.394 e. The van der Waals surface area contributed by atoms with Gasteiger partial charge in [-0.25, -0.2) is 0 Å². The number of terminal acetylenes is 1. The van der Waals surface area contributed by atoms with Gasteiger partial charge in [-0.1, -0.05) is 38.0 Å². The van der Waals surface area contributed by atoms with E-state index in [4.69, 9.17) is 21.0 Å². The van der Waals surface area contributed by atoms with Crippen molar-refractivity contribution in [1.82, 2.24) is 4.57 Å². The highest BCUT2D eigenvalue weighted by Gasteiger charge is 2.45. The lowest BCUT2D eigenvalue weighted by Crippen LogP contribution is -2.55. The SMILES string of the molecule is C#C/C=C\c1c([C@@H]2O[C@H](CO)[C@H](O)C(O)C2O)cn(CC2=CC[C@](C)(CCC(O)OCCO)C=C2)c1CC. The first-order valence-corrected chi connectivity index (χ1v) is 13.1. The van der Waals surface area contributed by atoms with Gasteiger partial charge in [0.15, 0.2) is 6.29 Å². The lowest BCUT2D eigenvalue weighted by molar-refractivity contribution is -0.231. The Balaban J connectivity index is 1.82. The number of nitrogens with zero attached hydrogens (tertiary/aromatic N) is 1. The maximum absolute atomic E-state index is 10.8. The highest BCUT2D eigenvalue weighted by Crippen LogP contribution is 2.38. The van der Waals surface area contributed by atoms with E-state index in [1.807, 2.05) is 13.1 Å². The molecule has 6 N–H and O–H groups in total. The van der Waals surface area contributed by atoms with Crippen molar-refractivity contribution in [3.63, 3.8) is 0 Å². The second-order valence-corrected chi connectivity index (χ2v) is 10.2. The Kier molecular flexibility index (Phi) is 10.9. The molecule has 3 rings (SSSR count). The van der Waals surface area contributed by atoms with E-state index < -0.39 is 43.4 Å². The van der Waals surface area contributed by atoms with Gasteiger partial charge in [-0.3, -0.25) is 0 Å². The number of allylic oxidation sites excluding steroid dienone is 5. The zero-order valence-corrected chi connectivity index (χ0v) is 22.1. The Morgan fingerprint density at radius 1 is 1.26 bits per heavy atom. The molecule has 0 amide bonds. The van der Waals surface area contributed by atoms with Crippen LogP contribution in [0.5, 0.6) is 0 Å². The highest BCUT2D eigenvalue weighted by atomic mass is 16.6. The quantitative estimate of drug-likeness (QED) is 0.174. The zero-order valence-electron chi connectivity index (χ0n) is 22.1. The van der Waals surface area contributed by atoms with Crippen molar-refractivity contribution in [2.75, 3.05) is 19.8 Å². The van der Waals surface area contributed by atoms with Crippen molar-refractivity contribution < 1.29 is 40.1 Å². The third-order valence-corrected chi connectivity index (χ3v) is 7.39. The number of aliphatic hydroxyl groups excluding tert-OH is 6. The molecular weight excluding hydrogens is 490 g/mol. The van der Waals surface area contributed by atoms with Crippen LogP contribution < -0.4 is 0 Å². The number of aromatic nitrogens is 1. The molecule has 38 heavy (non-hydrogen) atoms. The number of ether oxygens (including phenoxy) is 2. The van der Waals surface area contributed by atoms with Gasteiger partial charge in [-0.2, -0.15) is 0 Å². The van der Waals surface area contributed by atoms with Gasteiger partial charge < -0.3 is 44.7 Å². The molecular formula is C29H41NO8. The van der Waals surface area contributed by atoms with Crippen LogP contribution in [-0.4, -0.2) is 85.7 Å². The van der Waals surface area contributed by atoms with E-state index in [0.29, 0.717) is 24.9 Å². The molecule has 0 radical (unpaired) electrons. The molecule has 2 heterocycles. The van der Waals surface area contributed by atoms with Crippen LogP contribution in [0.15, 0.2) is 36.1 Å². The molecule has 1 aliphatic heterocycles. The van der Waals surface area contributed by atoms with E-state index in [9.17, 15) is 25.5 Å². The Morgan fingerprint density at radius 2 is 2.03 bits per heavy atom. The average Bonchev–Trinajstić information content (AvgIpc) is 3.26. The fourth-order valence-corrected chi connectivity index (χ4v) is 5.11. The fourth-order valence-electron chi connectivity index (χ4n) is 5.11. The molecule has 1 saturated heterocycles. The molecule has 9 nitrogen and oxygen atoms in total. The minimum absolute atomic E-state index is 0.109. The molecule has 0 spiro atoms. The summed E-state index contributed by atoms with van der Waals surface area (Å²) in [7, 11) is 0. The van der Waals surface area contributed by atoms with Crippen LogP contribution in [-0.2, 0) is 22.4 Å². The Bertz CT molecular complexity index is 1050. The number of hydrogen-bond acceptors (Lipinski definition) is 8. The molecule has 0 saturated carbocycles. The molecule has 1 aromatic rings. The first-order chi connectivity index (χ1) is 18.2. The molecule has 0 bridgehead atoms. The lowest BCUT2D eigenvalue weighted by Gasteiger charge is -2.40. The summed E-state index contributed by atoms with van der Waals surface area (Å²) in [6, 6.07) is 0. The van der Waals surface area contributed by atoms with Crippen LogP contribution in [0.2, 0.25) is 0 Å². The van der Waals surface area contributed by atoms with Gasteiger partial charge in [0, 0.05) is 29.6 Å². The van der Waals surface area contributed by atoms with Crippen molar-refractivity contribution in [3.05, 3.63) is 52.9 Å². The van der Waals surface area contributed by atoms with Crippen LogP contribution >= 0.6 is 0 Å². The Labute approximate surface area is 224 Å². The molecule has 210 valence electrons. The third kappa shape index (κ3) is 7.03. The summed E-state index contributed by atoms with van der Waals surface area (Å²) in [5, 5.41) is 59.8. The predicted molar refractivity (Wildman–Crippen MR) is 143 cm³/mol. The lowest BCUT2D eigenvalue weighted by atomic mass is 9.78. The second-order valence-electron chi connectivity index (χ2n) is 10.2. The molecule has 7 atom stereocenters. The van der Waals surface area contributed by atoms with Crippen molar-refractivity contribution >= 4 is 6.08 Å². The maximum Gasteiger partial charge on any atom is 0.154 e. The Morgan fingerprint density at radius 3 is 2.63 bits per heavy atom. The summed E-state index contributed by atoms with van der Waals surface area (Å²) < 4.78 is 13.1. The summed E-state index contributed by atoms with van der Waals surface area (Å²) in [4.78, 5) is 0. The summed E-state index contributed by atoms with van der Waals surface area (Å²) in [5.74, 6) is 2.49. The third-order valence-electron chi connectivity index (χ3n) is 7.39. The van der Waals surface area contributed by atoms with Crippen LogP contribution in [0.4, 0.5) is 0 Å². The van der Waals surface area contributed by atoms with Gasteiger partial charge in [-0.05, 0) is 48.8 Å². The van der Waals surface area contributed by atoms with E-state index in [-0.39, 0.29) is 18.6 Å². The highest BCUT2D eigenvalue weighted by molar-refractivity contribution is 5.60. The summed E-state index contributed by atoms with van der Waals surface area (Å²) in [6.45, 7) is 4.19. The van der Waals surface area contributed by atoms with Gasteiger partial charge in [0.25, 0.3) is 0 Å². The van der Waals surface area contributed by atoms with Gasteiger partial charge in [0.1, 0.15) is 30.5 Å². The summed E-state index contributed by atoms with van der Waals surface area (Å²) in [5.41, 5.74) is 3.33. The van der Waals surface area contributed by atoms with E-state index in [1.165, 1.54) is 0 Å². The molecule has 1 aliphatic carbocycles. The maximum atomic E-state index is 10.8. The van der Waals surface area contributed by atoms with E-state index in [0.717, 1.165) is 29.7 Å². The average molecular weight is 532 g/mol. The summed E-state index contributed by atoms with van der Waals surface area (Å²) >= 11 is 0. The standard InChI is InChI=1S/C29H41NO8/c1-4-6-7-20-21(28-27(36)26(35)25(34)23(18-32)38-28)17-30(22(20)5-2)16-19-8-11-29(3,12-9-19)13-10-24(33)37-15-14-31/h1,6-9,11,17,23-28,31-36H,5,10,12-16,18H2,2-3H3/b7-6-/t23-,24?,25+,26?,27?,28+,29-/m1/s1. The summed E-state index contributed by atoms with van der Waals surface area (Å²) in [6.07, 6.45) is 12.6. The normalized spacial score (nSPS) is 30.4. The van der Waals surface area contributed by atoms with Crippen molar-refractivity contribution in [1.29, 1.82) is 0 Å². The molecule has 3 unspecified atom stereocenters. The monoisotopic (exact) mass is 531 g/mol. The van der Waals surface area contributed by atoms with Crippen molar-refractivity contribution in [3.8, 4) is 12.3 Å². The topological polar surface area (TPSA) is 145 Å². The molecule has 9 heteroatoms. The first-order valence-electron chi connectivity index (χ1n) is 13.1. The van der Waals surface area contributed by atoms with E-state index in [1.54, 1.807) is 12.2 Å². The second kappa shape index (κ2) is 13.7. The molecule has 1 aromatic heterocycles. The van der Waals surface area contributed by atoms with Crippen molar-refractivity contribution in [2.45, 2.75) is 82.9 Å². The molecule has 0 aromatic carbocycles. The first kappa shape index (κ1) is 30.3. The number of hydrogen-bond donors (Lipinski definition) is 6. The van der Waals surface area contributed by atoms with Gasteiger partial charge in [0.2, 0.25) is 0 Å². The van der Waals surface area contributed by atoms with Crippen LogP contribution in [0, 0.1) is 17.8 Å². The Hall–Kier alpha value is -2.26. The smallest absolute Gasteiger partial charge is 0.154 e. The van der Waals surface area contributed by atoms with E-state index in [2.05, 4.69) is 35.6 Å². The largest absolute Gasteiger partial charge is 0.394 e. The number of rotatable bonds is 12.